The van der Waals surface area contributed by atoms with E-state index in [9.17, 15) is 0 Å². The van der Waals surface area contributed by atoms with E-state index < -0.39 is 0 Å². The summed E-state index contributed by atoms with van der Waals surface area (Å²) in [5.41, 5.74) is 10.9. The molecule has 110 heavy (non-hydrogen) atoms. The summed E-state index contributed by atoms with van der Waals surface area (Å²) in [6.45, 7) is 107. The predicted octanol–water partition coefficient (Wildman–Crippen LogP) is 32.4. The van der Waals surface area contributed by atoms with Gasteiger partial charge in [-0.2, -0.15) is 0 Å². The predicted molar refractivity (Wildman–Crippen MR) is 508 cm³/mol. The molecular formula is C102H198N8. The van der Waals surface area contributed by atoms with Crippen LogP contribution in [0.1, 0.15) is 463 Å². The molecule has 8 rings (SSSR count). The maximum atomic E-state index is 4.40. The van der Waals surface area contributed by atoms with Crippen LogP contribution in [0.4, 0.5) is 0 Å². The third kappa shape index (κ3) is 51.2. The van der Waals surface area contributed by atoms with Crippen LogP contribution in [0.3, 0.4) is 0 Å². The minimum atomic E-state index is 0.491. The SMILES string of the molecule is CC.CC.CC.CC.CC.CC.CC.CC.CC(C)C1C=CC=CN1C(C)C.CC(C)C1CC=CN1C(C)C.CC(C)C1CCCCN1C(C)C.CC(C)C1CCCN1C(C)C.CC(C)c1ccccc1C(C)C.CC(C)c1cccnc1C(C)C.CC(C)c1ccncc1C(C)C.CC(C)c1cncnc1C(C)C. The van der Waals surface area contributed by atoms with Crippen molar-refractivity contribution in [1.82, 2.24) is 39.5 Å². The third-order valence-corrected chi connectivity index (χ3v) is 18.9. The van der Waals surface area contributed by atoms with Crippen LogP contribution in [0.25, 0.3) is 0 Å². The fourth-order valence-electron chi connectivity index (χ4n) is 13.5. The average Bonchev–Trinajstić information content (AvgIpc) is 1.10. The van der Waals surface area contributed by atoms with E-state index >= 15 is 0 Å². The standard InChI is InChI=1S/C12H18.C11H17N.C11H23N.C11H19N.C11H17N.C10H16N2.C10H21N.C10H19N.8C2H6/c1-9(2)11-7-5-6-8-12(11)10(3)4;1-8(2)10-5-6-12-7-11(10)9(3)4;2*1-9(2)11-7-5-6-8-12(11)10(3)4;1-8(2)10-6-5-7-12-11(10)9(3)4;1-7(2)9-5-11-6-12-10(9)8(3)4;2*1-8(2)10-6-5-7-11(10)9(3)4;8*1-2/h5-10H,1-4H3;5-9H,1-4H3;9-11H,5-8H2,1-4H3;5-11H,1-4H3;5-9H,1-4H3;5-8H,1-4H3;8-10H,5-7H2,1-4H3;5,7-10H,6H2,1-4H3;8*1-2H3. The van der Waals surface area contributed by atoms with Gasteiger partial charge in [0.2, 0.25) is 0 Å². The molecule has 4 atom stereocenters. The van der Waals surface area contributed by atoms with Gasteiger partial charge in [-0.05, 0) is 236 Å². The summed E-state index contributed by atoms with van der Waals surface area (Å²) in [5, 5.41) is 0. The van der Waals surface area contributed by atoms with Crippen LogP contribution < -0.4 is 0 Å². The molecule has 4 aliphatic heterocycles. The second kappa shape index (κ2) is 75.7. The summed E-state index contributed by atoms with van der Waals surface area (Å²) in [6, 6.07) is 20.8. The van der Waals surface area contributed by atoms with Crippen LogP contribution in [0.2, 0.25) is 0 Å². The van der Waals surface area contributed by atoms with Crippen LogP contribution in [0.5, 0.6) is 0 Å². The highest BCUT2D eigenvalue weighted by Gasteiger charge is 2.29. The van der Waals surface area contributed by atoms with Crippen LogP contribution in [-0.4, -0.2) is 101 Å². The second-order valence-corrected chi connectivity index (χ2v) is 32.1. The molecule has 0 radical (unpaired) electrons. The number of hydrogen-bond acceptors (Lipinski definition) is 8. The maximum absolute atomic E-state index is 4.40. The van der Waals surface area contributed by atoms with Crippen molar-refractivity contribution >= 4 is 0 Å². The number of pyridine rings is 2. The highest BCUT2D eigenvalue weighted by atomic mass is 15.2. The van der Waals surface area contributed by atoms with Crippen molar-refractivity contribution in [3.63, 3.8) is 0 Å². The van der Waals surface area contributed by atoms with Gasteiger partial charge in [0.1, 0.15) is 6.33 Å². The lowest BCUT2D eigenvalue weighted by molar-refractivity contribution is 0.0808. The Morgan fingerprint density at radius 1 is 0.309 bits per heavy atom. The number of piperidine rings is 1. The Balaban J connectivity index is -0.000000175. The van der Waals surface area contributed by atoms with Crippen molar-refractivity contribution < 1.29 is 0 Å². The van der Waals surface area contributed by atoms with Gasteiger partial charge in [-0.25, -0.2) is 9.97 Å². The highest BCUT2D eigenvalue weighted by Crippen LogP contribution is 2.30. The Labute approximate surface area is 693 Å². The van der Waals surface area contributed by atoms with E-state index in [1.807, 2.05) is 142 Å². The molecular weight excluding hydrogens is 1340 g/mol. The molecule has 4 aliphatic rings. The molecule has 8 heteroatoms. The van der Waals surface area contributed by atoms with Gasteiger partial charge in [0.15, 0.2) is 0 Å². The minimum Gasteiger partial charge on any atom is -0.372 e. The zero-order valence-corrected chi connectivity index (χ0v) is 83.2. The fraction of sp³-hybridized carbons (Fsp3) is 0.745. The molecule has 7 heterocycles. The monoisotopic (exact) mass is 1540 g/mol. The van der Waals surface area contributed by atoms with Crippen molar-refractivity contribution in [1.29, 1.82) is 0 Å². The van der Waals surface area contributed by atoms with Crippen LogP contribution in [0, 0.1) is 23.7 Å². The number of nitrogens with zero attached hydrogens (tertiary/aromatic N) is 8. The molecule has 3 aromatic heterocycles. The number of likely N-dealkylation sites (tertiary alicyclic amines) is 2. The molecule has 8 nitrogen and oxygen atoms in total. The van der Waals surface area contributed by atoms with Gasteiger partial charge < -0.3 is 9.80 Å². The van der Waals surface area contributed by atoms with Gasteiger partial charge in [-0.15, -0.1) is 0 Å². The summed E-state index contributed by atoms with van der Waals surface area (Å²) in [5.74, 6) is 7.70. The summed E-state index contributed by atoms with van der Waals surface area (Å²) >= 11 is 0. The molecule has 646 valence electrons. The first kappa shape index (κ1) is 121. The Morgan fingerprint density at radius 2 is 0.682 bits per heavy atom. The molecule has 0 amide bonds. The quantitative estimate of drug-likeness (QED) is 0.110. The van der Waals surface area contributed by atoms with E-state index in [0.29, 0.717) is 71.4 Å². The normalized spacial score (nSPS) is 15.9. The minimum absolute atomic E-state index is 0.491. The third-order valence-electron chi connectivity index (χ3n) is 18.9. The van der Waals surface area contributed by atoms with Gasteiger partial charge in [0, 0.05) is 84.5 Å². The largest absolute Gasteiger partial charge is 0.372 e. The van der Waals surface area contributed by atoms with Crippen LogP contribution in [-0.2, 0) is 0 Å². The molecule has 0 saturated carbocycles. The molecule has 4 aromatic rings. The number of hydrogen-bond donors (Lipinski definition) is 0. The van der Waals surface area contributed by atoms with Crippen molar-refractivity contribution in [3.8, 4) is 0 Å². The van der Waals surface area contributed by atoms with E-state index in [4.69, 9.17) is 0 Å². The molecule has 1 aromatic carbocycles. The first-order chi connectivity index (χ1) is 52.0. The molecule has 0 N–H and O–H groups in total. The number of aromatic nitrogens is 4. The first-order valence-corrected chi connectivity index (χ1v) is 45.9. The van der Waals surface area contributed by atoms with E-state index in [2.05, 4.69) is 334 Å². The number of allylic oxidation sites excluding steroid dienone is 2. The summed E-state index contributed by atoms with van der Waals surface area (Å²) < 4.78 is 0. The van der Waals surface area contributed by atoms with Gasteiger partial charge in [-0.1, -0.05) is 332 Å². The number of rotatable bonds is 16. The average molecular weight is 1540 g/mol. The molecule has 2 saturated heterocycles. The van der Waals surface area contributed by atoms with E-state index in [-0.39, 0.29) is 0 Å². The Hall–Kier alpha value is -4.66. The van der Waals surface area contributed by atoms with Gasteiger partial charge in [0.25, 0.3) is 0 Å². The zero-order valence-electron chi connectivity index (χ0n) is 83.2. The smallest absolute Gasteiger partial charge is 0.115 e. The van der Waals surface area contributed by atoms with Gasteiger partial charge in [-0.3, -0.25) is 19.8 Å². The summed E-state index contributed by atoms with van der Waals surface area (Å²) in [6.07, 6.45) is 30.8. The lowest BCUT2D eigenvalue weighted by atomic mass is 9.91. The van der Waals surface area contributed by atoms with Crippen LogP contribution >= 0.6 is 0 Å². The van der Waals surface area contributed by atoms with Crippen molar-refractivity contribution in [2.45, 2.75) is 467 Å². The Bertz CT molecular complexity index is 2280. The van der Waals surface area contributed by atoms with Crippen molar-refractivity contribution in [3.05, 3.63) is 155 Å². The highest BCUT2D eigenvalue weighted by molar-refractivity contribution is 5.32. The fourth-order valence-corrected chi connectivity index (χ4v) is 13.5. The van der Waals surface area contributed by atoms with Gasteiger partial charge >= 0.3 is 0 Å². The van der Waals surface area contributed by atoms with E-state index in [1.54, 1.807) is 6.33 Å². The molecule has 0 bridgehead atoms. The second-order valence-electron chi connectivity index (χ2n) is 32.1. The van der Waals surface area contributed by atoms with Crippen LogP contribution in [0.15, 0.2) is 110 Å². The van der Waals surface area contributed by atoms with Gasteiger partial charge in [0.05, 0.1) is 0 Å². The lowest BCUT2D eigenvalue weighted by Crippen LogP contribution is -2.46. The van der Waals surface area contributed by atoms with Crippen molar-refractivity contribution in [2.75, 3.05) is 13.1 Å². The Morgan fingerprint density at radius 3 is 1.00 bits per heavy atom. The topological polar surface area (TPSA) is 64.5 Å². The zero-order chi connectivity index (χ0) is 87.7. The Kier molecular flexibility index (Phi) is 83.3. The summed E-state index contributed by atoms with van der Waals surface area (Å²) in [4.78, 5) is 27.1. The first-order valence-electron chi connectivity index (χ1n) is 45.9. The lowest BCUT2D eigenvalue weighted by Gasteiger charge is -2.40. The molecule has 2 fully saturated rings. The van der Waals surface area contributed by atoms with E-state index in [0.717, 1.165) is 48.0 Å². The molecule has 0 spiro atoms. The molecule has 4 unspecified atom stereocenters. The maximum Gasteiger partial charge on any atom is 0.115 e. The summed E-state index contributed by atoms with van der Waals surface area (Å²) in [7, 11) is 0. The number of benzene rings is 1. The van der Waals surface area contributed by atoms with E-state index in [1.165, 1.54) is 96.4 Å². The van der Waals surface area contributed by atoms with Crippen molar-refractivity contribution in [2.24, 2.45) is 23.7 Å². The molecule has 0 aliphatic carbocycles.